The summed E-state index contributed by atoms with van der Waals surface area (Å²) in [6.07, 6.45) is -0.973. The Kier molecular flexibility index (Phi) is 5.57. The third-order valence-corrected chi connectivity index (χ3v) is 7.59. The Morgan fingerprint density at radius 1 is 1.16 bits per heavy atom. The van der Waals surface area contributed by atoms with E-state index >= 15 is 0 Å². The van der Waals surface area contributed by atoms with Crippen LogP contribution in [-0.2, 0) is 26.0 Å². The Bertz CT molecular complexity index is 1150. The largest absolute Gasteiger partial charge is 0.325 e. The molecule has 1 fully saturated rings. The molecule has 31 heavy (non-hydrogen) atoms. The molecule has 4 rings (SSSR count). The Balaban J connectivity index is 1.71. The zero-order chi connectivity index (χ0) is 22.3. The summed E-state index contributed by atoms with van der Waals surface area (Å²) < 4.78 is 42.5. The van der Waals surface area contributed by atoms with Crippen LogP contribution in [0.1, 0.15) is 24.5 Å². The van der Waals surface area contributed by atoms with Gasteiger partial charge in [-0.15, -0.1) is 0 Å². The van der Waals surface area contributed by atoms with Crippen LogP contribution in [-0.4, -0.2) is 49.8 Å². The van der Waals surface area contributed by atoms with Crippen LogP contribution < -0.4 is 10.2 Å². The Labute approximate surface area is 180 Å². The maximum Gasteiger partial charge on any atom is 0.245 e. The molecule has 2 atom stereocenters. The first-order chi connectivity index (χ1) is 14.7. The minimum absolute atomic E-state index is 0.109. The Morgan fingerprint density at radius 3 is 2.65 bits per heavy atom. The van der Waals surface area contributed by atoms with Gasteiger partial charge in [-0.05, 0) is 42.7 Å². The van der Waals surface area contributed by atoms with Crippen molar-refractivity contribution in [3.63, 3.8) is 0 Å². The molecule has 1 N–H and O–H groups in total. The summed E-state index contributed by atoms with van der Waals surface area (Å²) >= 11 is 0. The molecular weight excluding hydrogens is 421 g/mol. The summed E-state index contributed by atoms with van der Waals surface area (Å²) in [5.74, 6) is -0.853. The van der Waals surface area contributed by atoms with E-state index in [-0.39, 0.29) is 17.0 Å². The lowest BCUT2D eigenvalue weighted by Gasteiger charge is -2.28. The van der Waals surface area contributed by atoms with Gasteiger partial charge in [0.2, 0.25) is 21.8 Å². The number of fused-ring (bicyclic) bond motifs is 1. The van der Waals surface area contributed by atoms with E-state index in [1.165, 1.54) is 19.1 Å². The van der Waals surface area contributed by atoms with Crippen LogP contribution in [0, 0.1) is 6.92 Å². The molecule has 9 heteroatoms. The molecule has 0 bridgehead atoms. The monoisotopic (exact) mass is 445 g/mol. The smallest absolute Gasteiger partial charge is 0.245 e. The Morgan fingerprint density at radius 2 is 1.90 bits per heavy atom. The second-order valence-corrected chi connectivity index (χ2v) is 9.83. The molecule has 0 aliphatic carbocycles. The summed E-state index contributed by atoms with van der Waals surface area (Å²) in [6.45, 7) is 3.03. The number of nitrogens with zero attached hydrogens (tertiary/aromatic N) is 2. The van der Waals surface area contributed by atoms with Gasteiger partial charge >= 0.3 is 0 Å². The van der Waals surface area contributed by atoms with Crippen molar-refractivity contribution < 1.29 is 22.4 Å². The van der Waals surface area contributed by atoms with E-state index in [1.54, 1.807) is 17.9 Å². The molecule has 2 aliphatic rings. The van der Waals surface area contributed by atoms with E-state index < -0.39 is 40.6 Å². The summed E-state index contributed by atoms with van der Waals surface area (Å²) in [5, 5.41) is 2.52. The van der Waals surface area contributed by atoms with Crippen LogP contribution >= 0.6 is 0 Å². The number of carbonyl (C=O) groups is 2. The number of halogens is 1. The number of hydrogen-bond donors (Lipinski definition) is 1. The summed E-state index contributed by atoms with van der Waals surface area (Å²) in [4.78, 5) is 26.3. The first-order valence-corrected chi connectivity index (χ1v) is 11.6. The first kappa shape index (κ1) is 21.5. The van der Waals surface area contributed by atoms with Crippen molar-refractivity contribution in [3.05, 3.63) is 53.6 Å². The average molecular weight is 446 g/mol. The number of rotatable bonds is 4. The van der Waals surface area contributed by atoms with Crippen molar-refractivity contribution in [1.29, 1.82) is 0 Å². The van der Waals surface area contributed by atoms with Gasteiger partial charge in [0.05, 0.1) is 5.69 Å². The molecular formula is C22H24FN3O4S. The standard InChI is InChI=1S/C22H24FN3O4S/c1-14-7-8-18(24-15(2)27)21(11-14)31(29,30)26-13-17(23)12-20(26)22(28)25-10-9-16-5-3-4-6-19(16)25/h3-8,11,17,20H,9-10,12-13H2,1-2H3,(H,24,27)/t17-,20-/m0/s1. The van der Waals surface area contributed by atoms with Gasteiger partial charge in [-0.3, -0.25) is 9.59 Å². The van der Waals surface area contributed by atoms with Crippen molar-refractivity contribution in [2.45, 2.75) is 43.8 Å². The number of anilines is 2. The summed E-state index contributed by atoms with van der Waals surface area (Å²) in [5.41, 5.74) is 2.52. The van der Waals surface area contributed by atoms with Crippen LogP contribution in [0.4, 0.5) is 15.8 Å². The minimum atomic E-state index is -4.24. The lowest BCUT2D eigenvalue weighted by molar-refractivity contribution is -0.121. The number of alkyl halides is 1. The zero-order valence-electron chi connectivity index (χ0n) is 17.3. The van der Waals surface area contributed by atoms with E-state index in [4.69, 9.17) is 0 Å². The van der Waals surface area contributed by atoms with E-state index in [0.717, 1.165) is 15.6 Å². The van der Waals surface area contributed by atoms with Crippen molar-refractivity contribution in [1.82, 2.24) is 4.31 Å². The maximum absolute atomic E-state index is 14.5. The normalized spacial score (nSPS) is 21.2. The highest BCUT2D eigenvalue weighted by molar-refractivity contribution is 7.89. The van der Waals surface area contributed by atoms with E-state index in [2.05, 4.69) is 5.32 Å². The highest BCUT2D eigenvalue weighted by Gasteiger charge is 2.47. The van der Waals surface area contributed by atoms with E-state index in [9.17, 15) is 22.4 Å². The molecule has 2 aliphatic heterocycles. The molecule has 2 aromatic carbocycles. The number of amides is 2. The molecule has 0 aromatic heterocycles. The molecule has 0 spiro atoms. The van der Waals surface area contributed by atoms with Crippen LogP contribution in [0.25, 0.3) is 0 Å². The molecule has 0 radical (unpaired) electrons. The van der Waals surface area contributed by atoms with Gasteiger partial charge in [0, 0.05) is 32.1 Å². The third kappa shape index (κ3) is 3.95. The molecule has 2 amide bonds. The van der Waals surface area contributed by atoms with Gasteiger partial charge < -0.3 is 10.2 Å². The van der Waals surface area contributed by atoms with E-state index in [0.29, 0.717) is 18.5 Å². The maximum atomic E-state index is 14.5. The van der Waals surface area contributed by atoms with Gasteiger partial charge in [0.1, 0.15) is 17.1 Å². The van der Waals surface area contributed by atoms with Crippen LogP contribution in [0.5, 0.6) is 0 Å². The zero-order valence-corrected chi connectivity index (χ0v) is 18.2. The minimum Gasteiger partial charge on any atom is -0.325 e. The van der Waals surface area contributed by atoms with Gasteiger partial charge in [-0.2, -0.15) is 4.31 Å². The van der Waals surface area contributed by atoms with Gasteiger partial charge in [0.25, 0.3) is 0 Å². The highest BCUT2D eigenvalue weighted by atomic mass is 32.2. The molecule has 1 saturated heterocycles. The predicted octanol–water partition coefficient (Wildman–Crippen LogP) is 2.64. The molecule has 0 saturated carbocycles. The number of nitrogens with one attached hydrogen (secondary N) is 1. The molecule has 2 aromatic rings. The second-order valence-electron chi connectivity index (χ2n) is 7.97. The van der Waals surface area contributed by atoms with Gasteiger partial charge in [-0.25, -0.2) is 12.8 Å². The van der Waals surface area contributed by atoms with Crippen molar-refractivity contribution in [2.75, 3.05) is 23.3 Å². The number of hydrogen-bond acceptors (Lipinski definition) is 4. The molecule has 164 valence electrons. The average Bonchev–Trinajstić information content (AvgIpc) is 3.32. The number of sulfonamides is 1. The van der Waals surface area contributed by atoms with Crippen molar-refractivity contribution in [2.24, 2.45) is 0 Å². The van der Waals surface area contributed by atoms with Crippen LogP contribution in [0.15, 0.2) is 47.4 Å². The number of carbonyl (C=O) groups excluding carboxylic acids is 2. The van der Waals surface area contributed by atoms with Crippen LogP contribution in [0.3, 0.4) is 0 Å². The first-order valence-electron chi connectivity index (χ1n) is 10.1. The topological polar surface area (TPSA) is 86.8 Å². The predicted molar refractivity (Wildman–Crippen MR) is 115 cm³/mol. The fourth-order valence-corrected chi connectivity index (χ4v) is 6.11. The highest BCUT2D eigenvalue weighted by Crippen LogP contribution is 2.35. The SMILES string of the molecule is CC(=O)Nc1ccc(C)cc1S(=O)(=O)N1C[C@@H](F)C[C@H]1C(=O)N1CCc2ccccc21. The summed E-state index contributed by atoms with van der Waals surface area (Å²) in [6, 6.07) is 10.9. The lowest BCUT2D eigenvalue weighted by Crippen LogP contribution is -2.47. The number of para-hydroxylation sites is 1. The van der Waals surface area contributed by atoms with Gasteiger partial charge in [0.15, 0.2) is 0 Å². The fraction of sp³-hybridized carbons (Fsp3) is 0.364. The van der Waals surface area contributed by atoms with Gasteiger partial charge in [-0.1, -0.05) is 24.3 Å². The van der Waals surface area contributed by atoms with E-state index in [1.807, 2.05) is 24.3 Å². The number of benzene rings is 2. The molecule has 2 heterocycles. The quantitative estimate of drug-likeness (QED) is 0.784. The van der Waals surface area contributed by atoms with Crippen molar-refractivity contribution >= 4 is 33.2 Å². The fourth-order valence-electron chi connectivity index (χ4n) is 4.26. The summed E-state index contributed by atoms with van der Waals surface area (Å²) in [7, 11) is -4.24. The Hall–Kier alpha value is -2.78. The van der Waals surface area contributed by atoms with Crippen molar-refractivity contribution in [3.8, 4) is 0 Å². The second kappa shape index (κ2) is 8.05. The molecule has 7 nitrogen and oxygen atoms in total. The van der Waals surface area contributed by atoms with Crippen LogP contribution in [0.2, 0.25) is 0 Å². The molecule has 0 unspecified atom stereocenters. The number of aryl methyl sites for hydroxylation is 1. The lowest BCUT2D eigenvalue weighted by atomic mass is 10.1. The third-order valence-electron chi connectivity index (χ3n) is 5.68.